The van der Waals surface area contributed by atoms with Crippen LogP contribution in [0.1, 0.15) is 20.3 Å². The highest BCUT2D eigenvalue weighted by molar-refractivity contribution is 5.80. The molecule has 0 aliphatic rings. The summed E-state index contributed by atoms with van der Waals surface area (Å²) >= 11 is 0. The summed E-state index contributed by atoms with van der Waals surface area (Å²) in [5.74, 6) is -1.95. The molecule has 98 valence electrons. The lowest BCUT2D eigenvalue weighted by Gasteiger charge is -2.23. The molecule has 2 amide bonds. The minimum atomic E-state index is -1.14. The highest BCUT2D eigenvalue weighted by Gasteiger charge is 2.16. The van der Waals surface area contributed by atoms with Crippen LogP contribution in [0, 0.1) is 5.92 Å². The summed E-state index contributed by atoms with van der Waals surface area (Å²) in [6, 6.07) is -0.553. The van der Waals surface area contributed by atoms with Gasteiger partial charge in [0, 0.05) is 13.1 Å². The molecule has 0 aromatic heterocycles. The summed E-state index contributed by atoms with van der Waals surface area (Å²) in [5.41, 5.74) is 0. The van der Waals surface area contributed by atoms with E-state index < -0.39 is 24.5 Å². The predicted octanol–water partition coefficient (Wildman–Crippen LogP) is 0.213. The number of carbonyl (C=O) groups excluding carboxylic acids is 1. The zero-order chi connectivity index (χ0) is 13.4. The molecule has 0 aromatic rings. The highest BCUT2D eigenvalue weighted by atomic mass is 16.4. The SMILES string of the molecule is CC(C)CN(CCC(=O)O)C(=O)NCC(=O)O. The van der Waals surface area contributed by atoms with Crippen molar-refractivity contribution >= 4 is 18.0 Å². The third kappa shape index (κ3) is 8.06. The number of nitrogens with zero attached hydrogens (tertiary/aromatic N) is 1. The minimum Gasteiger partial charge on any atom is -0.481 e. The van der Waals surface area contributed by atoms with Gasteiger partial charge in [0.15, 0.2) is 0 Å². The quantitative estimate of drug-likeness (QED) is 0.595. The molecule has 0 aliphatic carbocycles. The maximum atomic E-state index is 11.6. The smallest absolute Gasteiger partial charge is 0.323 e. The van der Waals surface area contributed by atoms with Crippen molar-refractivity contribution in [3.63, 3.8) is 0 Å². The summed E-state index contributed by atoms with van der Waals surface area (Å²) in [4.78, 5) is 33.6. The van der Waals surface area contributed by atoms with E-state index >= 15 is 0 Å². The molecule has 3 N–H and O–H groups in total. The van der Waals surface area contributed by atoms with Gasteiger partial charge in [0.25, 0.3) is 0 Å². The Bertz CT molecular complexity index is 290. The van der Waals surface area contributed by atoms with Gasteiger partial charge in [-0.15, -0.1) is 0 Å². The molecule has 0 fully saturated rings. The van der Waals surface area contributed by atoms with Crippen LogP contribution < -0.4 is 5.32 Å². The molecule has 17 heavy (non-hydrogen) atoms. The fraction of sp³-hybridized carbons (Fsp3) is 0.700. The van der Waals surface area contributed by atoms with Gasteiger partial charge in [0.1, 0.15) is 6.54 Å². The van der Waals surface area contributed by atoms with Crippen molar-refractivity contribution in [2.75, 3.05) is 19.6 Å². The lowest BCUT2D eigenvalue weighted by atomic mass is 10.2. The van der Waals surface area contributed by atoms with Crippen molar-refractivity contribution in [1.29, 1.82) is 0 Å². The molecule has 0 spiro atoms. The molecule has 0 radical (unpaired) electrons. The molecular weight excluding hydrogens is 228 g/mol. The Morgan fingerprint density at radius 1 is 1.18 bits per heavy atom. The normalized spacial score (nSPS) is 10.1. The Kier molecular flexibility index (Phi) is 6.69. The minimum absolute atomic E-state index is 0.0684. The van der Waals surface area contributed by atoms with Gasteiger partial charge in [0.05, 0.1) is 6.42 Å². The van der Waals surface area contributed by atoms with Crippen molar-refractivity contribution in [3.8, 4) is 0 Å². The Hall–Kier alpha value is -1.79. The van der Waals surface area contributed by atoms with Gasteiger partial charge in [-0.3, -0.25) is 9.59 Å². The Morgan fingerprint density at radius 3 is 2.18 bits per heavy atom. The van der Waals surface area contributed by atoms with Crippen molar-refractivity contribution < 1.29 is 24.6 Å². The maximum absolute atomic E-state index is 11.6. The van der Waals surface area contributed by atoms with Crippen LogP contribution in [0.2, 0.25) is 0 Å². The first kappa shape index (κ1) is 15.2. The second-order valence-electron chi connectivity index (χ2n) is 4.04. The van der Waals surface area contributed by atoms with E-state index in [0.717, 1.165) is 0 Å². The fourth-order valence-electron chi connectivity index (χ4n) is 1.21. The number of hydrogen-bond donors (Lipinski definition) is 3. The van der Waals surface area contributed by atoms with Crippen LogP contribution in [0.3, 0.4) is 0 Å². The van der Waals surface area contributed by atoms with Gasteiger partial charge in [-0.1, -0.05) is 13.8 Å². The molecule has 7 heteroatoms. The third-order valence-corrected chi connectivity index (χ3v) is 1.86. The molecule has 0 saturated heterocycles. The first-order valence-electron chi connectivity index (χ1n) is 5.29. The van der Waals surface area contributed by atoms with Gasteiger partial charge >= 0.3 is 18.0 Å². The molecule has 7 nitrogen and oxygen atoms in total. The predicted molar refractivity (Wildman–Crippen MR) is 59.7 cm³/mol. The lowest BCUT2D eigenvalue weighted by Crippen LogP contribution is -2.44. The molecule has 0 bridgehead atoms. The number of carboxylic acids is 2. The van der Waals surface area contributed by atoms with Crippen molar-refractivity contribution in [2.45, 2.75) is 20.3 Å². The van der Waals surface area contributed by atoms with E-state index in [1.807, 2.05) is 13.8 Å². The zero-order valence-corrected chi connectivity index (χ0v) is 9.97. The first-order valence-corrected chi connectivity index (χ1v) is 5.29. The number of carboxylic acid groups (broad SMARTS) is 2. The van der Waals surface area contributed by atoms with Crippen molar-refractivity contribution in [1.82, 2.24) is 10.2 Å². The number of hydrogen-bond acceptors (Lipinski definition) is 3. The monoisotopic (exact) mass is 246 g/mol. The van der Waals surface area contributed by atoms with E-state index in [-0.39, 0.29) is 18.9 Å². The van der Waals surface area contributed by atoms with E-state index in [0.29, 0.717) is 6.54 Å². The van der Waals surface area contributed by atoms with Crippen molar-refractivity contribution in [2.24, 2.45) is 5.92 Å². The summed E-state index contributed by atoms with van der Waals surface area (Å²) in [5, 5.41) is 19.2. The van der Waals surface area contributed by atoms with Gasteiger partial charge in [0.2, 0.25) is 0 Å². The first-order chi connectivity index (χ1) is 7.82. The average molecular weight is 246 g/mol. The Labute approximate surface area is 99.4 Å². The summed E-state index contributed by atoms with van der Waals surface area (Å²) in [6.45, 7) is 3.76. The van der Waals surface area contributed by atoms with E-state index in [4.69, 9.17) is 10.2 Å². The largest absolute Gasteiger partial charge is 0.481 e. The number of rotatable bonds is 7. The number of nitrogens with one attached hydrogen (secondary N) is 1. The average Bonchev–Trinajstić information content (AvgIpc) is 2.19. The van der Waals surface area contributed by atoms with Gasteiger partial charge in [-0.25, -0.2) is 4.79 Å². The Morgan fingerprint density at radius 2 is 1.76 bits per heavy atom. The summed E-state index contributed by atoms with van der Waals surface area (Å²) in [7, 11) is 0. The number of carbonyl (C=O) groups is 3. The molecule has 0 atom stereocenters. The molecule has 0 saturated carbocycles. The van der Waals surface area contributed by atoms with Crippen LogP contribution in [0.5, 0.6) is 0 Å². The van der Waals surface area contributed by atoms with Crippen LogP contribution in [0.4, 0.5) is 4.79 Å². The van der Waals surface area contributed by atoms with Crippen LogP contribution in [-0.2, 0) is 9.59 Å². The molecule has 0 rings (SSSR count). The maximum Gasteiger partial charge on any atom is 0.323 e. The van der Waals surface area contributed by atoms with E-state index in [1.54, 1.807) is 0 Å². The number of urea groups is 1. The standard InChI is InChI=1S/C10H18N2O5/c1-7(2)6-12(4-3-8(13)14)10(17)11-5-9(15)16/h7H,3-6H2,1-2H3,(H,11,17)(H,13,14)(H,15,16). The van der Waals surface area contributed by atoms with E-state index in [2.05, 4.69) is 5.32 Å². The highest BCUT2D eigenvalue weighted by Crippen LogP contribution is 2.00. The van der Waals surface area contributed by atoms with E-state index in [1.165, 1.54) is 4.90 Å². The zero-order valence-electron chi connectivity index (χ0n) is 9.97. The van der Waals surface area contributed by atoms with Gasteiger partial charge < -0.3 is 20.4 Å². The van der Waals surface area contributed by atoms with E-state index in [9.17, 15) is 14.4 Å². The van der Waals surface area contributed by atoms with Crippen LogP contribution in [0.15, 0.2) is 0 Å². The van der Waals surface area contributed by atoms with Crippen molar-refractivity contribution in [3.05, 3.63) is 0 Å². The summed E-state index contributed by atoms with van der Waals surface area (Å²) in [6.07, 6.45) is -0.160. The number of aliphatic carboxylic acids is 2. The third-order valence-electron chi connectivity index (χ3n) is 1.86. The molecule has 0 unspecified atom stereocenters. The van der Waals surface area contributed by atoms with Crippen LogP contribution >= 0.6 is 0 Å². The molecule has 0 aromatic carbocycles. The molecular formula is C10H18N2O5. The number of amides is 2. The van der Waals surface area contributed by atoms with Crippen LogP contribution in [0.25, 0.3) is 0 Å². The van der Waals surface area contributed by atoms with Crippen LogP contribution in [-0.4, -0.2) is 52.7 Å². The lowest BCUT2D eigenvalue weighted by molar-refractivity contribution is -0.138. The molecule has 0 heterocycles. The second-order valence-corrected chi connectivity index (χ2v) is 4.04. The van der Waals surface area contributed by atoms with Gasteiger partial charge in [-0.2, -0.15) is 0 Å². The summed E-state index contributed by atoms with van der Waals surface area (Å²) < 4.78 is 0. The van der Waals surface area contributed by atoms with Gasteiger partial charge in [-0.05, 0) is 5.92 Å². The molecule has 0 aliphatic heterocycles. The fourth-order valence-corrected chi connectivity index (χ4v) is 1.21. The second kappa shape index (κ2) is 7.48. The Balaban J connectivity index is 4.28. The topological polar surface area (TPSA) is 107 Å².